The van der Waals surface area contributed by atoms with Crippen LogP contribution in [0.3, 0.4) is 0 Å². The van der Waals surface area contributed by atoms with Crippen LogP contribution in [0.25, 0.3) is 11.1 Å². The zero-order valence-electron chi connectivity index (χ0n) is 9.62. The maximum absolute atomic E-state index is 11.6. The Hall–Kier alpha value is -1.64. The normalized spacial score (nSPS) is 10.9. The highest BCUT2D eigenvalue weighted by Gasteiger charge is 2.07. The summed E-state index contributed by atoms with van der Waals surface area (Å²) in [5.74, 6) is 0. The molecule has 0 aliphatic rings. The van der Waals surface area contributed by atoms with E-state index in [-0.39, 0.29) is 5.63 Å². The summed E-state index contributed by atoms with van der Waals surface area (Å²) in [5.41, 5.74) is 2.66. The average Bonchev–Trinajstić information content (AvgIpc) is 2.27. The predicted octanol–water partition coefficient (Wildman–Crippen LogP) is 2.84. The van der Waals surface area contributed by atoms with E-state index in [2.05, 4.69) is 11.9 Å². The van der Waals surface area contributed by atoms with Crippen molar-refractivity contribution in [1.29, 1.82) is 0 Å². The molecule has 0 aliphatic heterocycles. The van der Waals surface area contributed by atoms with Gasteiger partial charge in [-0.25, -0.2) is 9.78 Å². The van der Waals surface area contributed by atoms with E-state index in [4.69, 9.17) is 4.42 Å². The number of hydrogen-bond acceptors (Lipinski definition) is 3. The molecule has 2 aromatic rings. The van der Waals surface area contributed by atoms with Gasteiger partial charge in [0, 0.05) is 0 Å². The van der Waals surface area contributed by atoms with Crippen LogP contribution in [0.2, 0.25) is 0 Å². The summed E-state index contributed by atoms with van der Waals surface area (Å²) in [5, 5.41) is 0. The second-order valence-corrected chi connectivity index (χ2v) is 3.97. The van der Waals surface area contributed by atoms with Gasteiger partial charge in [-0.05, 0) is 31.4 Å². The molecule has 0 radical (unpaired) electrons. The summed E-state index contributed by atoms with van der Waals surface area (Å²) >= 11 is 0. The molecule has 0 N–H and O–H groups in total. The minimum atomic E-state index is -0.299. The lowest BCUT2D eigenvalue weighted by Gasteiger charge is -2.02. The van der Waals surface area contributed by atoms with E-state index >= 15 is 0 Å². The quantitative estimate of drug-likeness (QED) is 0.794. The highest BCUT2D eigenvalue weighted by Crippen LogP contribution is 2.14. The Balaban J connectivity index is 2.56. The zero-order valence-corrected chi connectivity index (χ0v) is 9.62. The molecule has 0 amide bonds. The van der Waals surface area contributed by atoms with Crippen LogP contribution >= 0.6 is 0 Å². The number of unbranched alkanes of at least 4 members (excludes halogenated alkanes) is 1. The summed E-state index contributed by atoms with van der Waals surface area (Å²) in [6.45, 7) is 4.06. The van der Waals surface area contributed by atoms with Crippen LogP contribution in [0.5, 0.6) is 0 Å². The molecule has 3 heteroatoms. The number of fused-ring (bicyclic) bond motifs is 1. The van der Waals surface area contributed by atoms with Crippen LogP contribution in [0, 0.1) is 6.92 Å². The number of para-hydroxylation sites is 1. The second-order valence-electron chi connectivity index (χ2n) is 3.97. The molecule has 1 heterocycles. The molecule has 0 fully saturated rings. The molecule has 0 unspecified atom stereocenters. The smallest absolute Gasteiger partial charge is 0.358 e. The van der Waals surface area contributed by atoms with Gasteiger partial charge in [0.05, 0.1) is 0 Å². The second kappa shape index (κ2) is 4.47. The van der Waals surface area contributed by atoms with Gasteiger partial charge in [0.2, 0.25) is 0 Å². The fourth-order valence-corrected chi connectivity index (χ4v) is 1.70. The first-order valence-electron chi connectivity index (χ1n) is 5.61. The molecule has 3 nitrogen and oxygen atoms in total. The predicted molar refractivity (Wildman–Crippen MR) is 63.6 cm³/mol. The fourth-order valence-electron chi connectivity index (χ4n) is 1.70. The van der Waals surface area contributed by atoms with Crippen LogP contribution in [-0.2, 0) is 6.42 Å². The lowest BCUT2D eigenvalue weighted by Crippen LogP contribution is -2.10. The van der Waals surface area contributed by atoms with Crippen molar-refractivity contribution in [3.8, 4) is 0 Å². The lowest BCUT2D eigenvalue weighted by molar-refractivity contribution is 0.537. The molecule has 16 heavy (non-hydrogen) atoms. The highest BCUT2D eigenvalue weighted by molar-refractivity contribution is 5.75. The van der Waals surface area contributed by atoms with Crippen molar-refractivity contribution in [2.75, 3.05) is 0 Å². The number of nitrogens with zero attached hydrogens (tertiary/aromatic N) is 1. The van der Waals surface area contributed by atoms with Crippen LogP contribution in [0.1, 0.15) is 31.0 Å². The first-order chi connectivity index (χ1) is 7.72. The fraction of sp³-hybridized carbons (Fsp3) is 0.385. The van der Waals surface area contributed by atoms with Crippen LogP contribution in [0.4, 0.5) is 0 Å². The molecule has 84 valence electrons. The van der Waals surface area contributed by atoms with Gasteiger partial charge in [-0.15, -0.1) is 0 Å². The third kappa shape index (κ3) is 1.98. The van der Waals surface area contributed by atoms with E-state index in [1.807, 2.05) is 19.1 Å². The molecular formula is C13H15NO2. The van der Waals surface area contributed by atoms with Gasteiger partial charge in [0.15, 0.2) is 5.58 Å². The SMILES string of the molecule is CCCCc1nc2c(C)cccc2oc1=O. The molecule has 1 aromatic heterocycles. The minimum Gasteiger partial charge on any atom is -0.420 e. The van der Waals surface area contributed by atoms with Crippen LogP contribution in [0.15, 0.2) is 27.4 Å². The largest absolute Gasteiger partial charge is 0.420 e. The Labute approximate surface area is 94.1 Å². The molecule has 0 bridgehead atoms. The van der Waals surface area contributed by atoms with Gasteiger partial charge in [-0.3, -0.25) is 0 Å². The molecule has 1 aromatic carbocycles. The van der Waals surface area contributed by atoms with Gasteiger partial charge < -0.3 is 4.42 Å². The van der Waals surface area contributed by atoms with E-state index in [0.29, 0.717) is 17.7 Å². The standard InChI is InChI=1S/C13H15NO2/c1-3-4-7-10-13(15)16-11-8-5-6-9(2)12(11)14-10/h5-6,8H,3-4,7H2,1-2H3. The van der Waals surface area contributed by atoms with Crippen molar-refractivity contribution in [3.63, 3.8) is 0 Å². The maximum atomic E-state index is 11.6. The molecule has 2 rings (SSSR count). The first kappa shape index (κ1) is 10.9. The topological polar surface area (TPSA) is 43.1 Å². The van der Waals surface area contributed by atoms with Crippen LogP contribution < -0.4 is 5.63 Å². The zero-order chi connectivity index (χ0) is 11.5. The summed E-state index contributed by atoms with van der Waals surface area (Å²) in [6.07, 6.45) is 2.71. The van der Waals surface area contributed by atoms with E-state index in [1.54, 1.807) is 6.07 Å². The van der Waals surface area contributed by atoms with Crippen molar-refractivity contribution in [1.82, 2.24) is 4.98 Å². The maximum Gasteiger partial charge on any atom is 0.358 e. The van der Waals surface area contributed by atoms with E-state index in [1.165, 1.54) is 0 Å². The number of hydrogen-bond donors (Lipinski definition) is 0. The summed E-state index contributed by atoms with van der Waals surface area (Å²) in [6, 6.07) is 5.62. The molecule has 0 saturated carbocycles. The molecule has 0 atom stereocenters. The third-order valence-electron chi connectivity index (χ3n) is 2.65. The van der Waals surface area contributed by atoms with Crippen molar-refractivity contribution in [3.05, 3.63) is 39.9 Å². The van der Waals surface area contributed by atoms with Crippen molar-refractivity contribution < 1.29 is 4.42 Å². The highest BCUT2D eigenvalue weighted by atomic mass is 16.4. The molecular weight excluding hydrogens is 202 g/mol. The Bertz CT molecular complexity index is 557. The van der Waals surface area contributed by atoms with E-state index in [0.717, 1.165) is 23.9 Å². The number of aromatic nitrogens is 1. The Kier molecular flexibility index (Phi) is 3.04. The molecule has 0 spiro atoms. The monoisotopic (exact) mass is 217 g/mol. The van der Waals surface area contributed by atoms with Crippen molar-refractivity contribution >= 4 is 11.1 Å². The van der Waals surface area contributed by atoms with E-state index < -0.39 is 0 Å². The Morgan fingerprint density at radius 1 is 1.38 bits per heavy atom. The first-order valence-corrected chi connectivity index (χ1v) is 5.61. The average molecular weight is 217 g/mol. The molecule has 0 aliphatic carbocycles. The number of rotatable bonds is 3. The number of benzene rings is 1. The van der Waals surface area contributed by atoms with Crippen LogP contribution in [-0.4, -0.2) is 4.98 Å². The van der Waals surface area contributed by atoms with Crippen molar-refractivity contribution in [2.24, 2.45) is 0 Å². The van der Waals surface area contributed by atoms with Gasteiger partial charge >= 0.3 is 5.63 Å². The van der Waals surface area contributed by atoms with Gasteiger partial charge in [0.25, 0.3) is 0 Å². The number of aryl methyl sites for hydroxylation is 2. The lowest BCUT2D eigenvalue weighted by atomic mass is 10.2. The molecule has 0 saturated heterocycles. The summed E-state index contributed by atoms with van der Waals surface area (Å²) in [7, 11) is 0. The summed E-state index contributed by atoms with van der Waals surface area (Å²) in [4.78, 5) is 16.0. The minimum absolute atomic E-state index is 0.299. The van der Waals surface area contributed by atoms with Gasteiger partial charge in [-0.2, -0.15) is 0 Å². The Morgan fingerprint density at radius 3 is 2.94 bits per heavy atom. The van der Waals surface area contributed by atoms with Gasteiger partial charge in [-0.1, -0.05) is 25.5 Å². The Morgan fingerprint density at radius 2 is 2.19 bits per heavy atom. The van der Waals surface area contributed by atoms with Crippen molar-refractivity contribution in [2.45, 2.75) is 33.1 Å². The third-order valence-corrected chi connectivity index (χ3v) is 2.65. The van der Waals surface area contributed by atoms with Gasteiger partial charge in [0.1, 0.15) is 11.2 Å². The van der Waals surface area contributed by atoms with E-state index in [9.17, 15) is 4.79 Å². The summed E-state index contributed by atoms with van der Waals surface area (Å²) < 4.78 is 5.25.